The van der Waals surface area contributed by atoms with E-state index >= 15 is 0 Å². The van der Waals surface area contributed by atoms with E-state index in [1.54, 1.807) is 7.05 Å². The van der Waals surface area contributed by atoms with Crippen LogP contribution in [0.4, 0.5) is 4.79 Å². The standard InChI is InChI=1S/C29H47ClN4O3/c1-31-20-23(17-22-9-4-3-5-10-22)18-27(35)34-16-7-12-25(21-34)29(37,14-8-15-33-28(36)32-2)24-11-6-13-26(30)19-24/h6,11,13,19,22-23,25,31,37H,3-5,7-10,12,14-18,20-21H2,1-2H3,(H2,32,33,36)/t23-,25-,29-/m1/s1. The SMILES string of the molecule is CNC[C@@H](CC(=O)N1CCC[C@@H]([C@@](O)(CCCNC(=O)NC)c2cccc(Cl)c2)C1)CC1CCCCC1. The van der Waals surface area contributed by atoms with Crippen molar-refractivity contribution in [2.75, 3.05) is 40.3 Å². The molecular weight excluding hydrogens is 488 g/mol. The van der Waals surface area contributed by atoms with Gasteiger partial charge in [-0.15, -0.1) is 0 Å². The van der Waals surface area contributed by atoms with Crippen molar-refractivity contribution in [2.24, 2.45) is 17.8 Å². The van der Waals surface area contributed by atoms with Crippen molar-refractivity contribution in [1.29, 1.82) is 0 Å². The number of carbonyl (C=O) groups excluding carboxylic acids is 2. The first-order valence-corrected chi connectivity index (χ1v) is 14.6. The van der Waals surface area contributed by atoms with E-state index in [2.05, 4.69) is 16.0 Å². The van der Waals surface area contributed by atoms with E-state index in [4.69, 9.17) is 11.6 Å². The summed E-state index contributed by atoms with van der Waals surface area (Å²) in [6.07, 6.45) is 11.1. The first kappa shape index (κ1) is 29.7. The molecule has 3 atom stereocenters. The Balaban J connectivity index is 1.68. The van der Waals surface area contributed by atoms with Crippen molar-refractivity contribution in [3.63, 3.8) is 0 Å². The van der Waals surface area contributed by atoms with Gasteiger partial charge in [0.05, 0.1) is 5.60 Å². The number of piperidine rings is 1. The molecule has 0 aromatic heterocycles. The number of hydrogen-bond donors (Lipinski definition) is 4. The second-order valence-electron chi connectivity index (χ2n) is 11.1. The Kier molecular flexibility index (Phi) is 12.0. The summed E-state index contributed by atoms with van der Waals surface area (Å²) in [7, 11) is 3.56. The van der Waals surface area contributed by atoms with Crippen LogP contribution in [0.5, 0.6) is 0 Å². The highest BCUT2D eigenvalue weighted by atomic mass is 35.5. The summed E-state index contributed by atoms with van der Waals surface area (Å²) >= 11 is 6.31. The topological polar surface area (TPSA) is 93.7 Å². The van der Waals surface area contributed by atoms with Crippen molar-refractivity contribution >= 4 is 23.5 Å². The van der Waals surface area contributed by atoms with Gasteiger partial charge in [0.25, 0.3) is 0 Å². The van der Waals surface area contributed by atoms with Crippen LogP contribution in [0.3, 0.4) is 0 Å². The number of carbonyl (C=O) groups is 2. The van der Waals surface area contributed by atoms with Crippen LogP contribution < -0.4 is 16.0 Å². The van der Waals surface area contributed by atoms with Gasteiger partial charge in [0.15, 0.2) is 0 Å². The molecule has 7 nitrogen and oxygen atoms in total. The van der Waals surface area contributed by atoms with Crippen LogP contribution in [-0.2, 0) is 10.4 Å². The van der Waals surface area contributed by atoms with Gasteiger partial charge < -0.3 is 26.0 Å². The fourth-order valence-corrected chi connectivity index (χ4v) is 6.57. The molecule has 208 valence electrons. The minimum absolute atomic E-state index is 0.0928. The van der Waals surface area contributed by atoms with Crippen LogP contribution in [0, 0.1) is 17.8 Å². The molecule has 0 radical (unpaired) electrons. The molecule has 1 aromatic carbocycles. The summed E-state index contributed by atoms with van der Waals surface area (Å²) in [6, 6.07) is 7.20. The Morgan fingerprint density at radius 3 is 2.65 bits per heavy atom. The predicted octanol–water partition coefficient (Wildman–Crippen LogP) is 4.67. The highest BCUT2D eigenvalue weighted by molar-refractivity contribution is 6.30. The molecule has 1 aromatic rings. The number of amides is 3. The Morgan fingerprint density at radius 1 is 1.16 bits per heavy atom. The predicted molar refractivity (Wildman–Crippen MR) is 150 cm³/mol. The summed E-state index contributed by atoms with van der Waals surface area (Å²) < 4.78 is 0. The number of hydrogen-bond acceptors (Lipinski definition) is 4. The third-order valence-electron chi connectivity index (χ3n) is 8.37. The maximum absolute atomic E-state index is 13.5. The number of urea groups is 1. The number of benzene rings is 1. The quantitative estimate of drug-likeness (QED) is 0.293. The number of rotatable bonds is 12. The molecular formula is C29H47ClN4O3. The van der Waals surface area contributed by atoms with E-state index in [0.29, 0.717) is 43.3 Å². The van der Waals surface area contributed by atoms with Crippen molar-refractivity contribution in [1.82, 2.24) is 20.9 Å². The monoisotopic (exact) mass is 534 g/mol. The molecule has 1 saturated carbocycles. The van der Waals surface area contributed by atoms with E-state index < -0.39 is 5.60 Å². The third kappa shape index (κ3) is 8.86. The van der Waals surface area contributed by atoms with Gasteiger partial charge in [-0.25, -0.2) is 4.79 Å². The lowest BCUT2D eigenvalue weighted by Gasteiger charge is -2.43. The molecule has 3 rings (SSSR count). The largest absolute Gasteiger partial charge is 0.385 e. The summed E-state index contributed by atoms with van der Waals surface area (Å²) in [5.74, 6) is 1.20. The normalized spacial score (nSPS) is 21.2. The maximum atomic E-state index is 13.5. The van der Waals surface area contributed by atoms with Gasteiger partial charge in [-0.05, 0) is 75.2 Å². The molecule has 37 heavy (non-hydrogen) atoms. The van der Waals surface area contributed by atoms with Gasteiger partial charge >= 0.3 is 6.03 Å². The van der Waals surface area contributed by atoms with E-state index in [1.165, 1.54) is 32.1 Å². The van der Waals surface area contributed by atoms with Gasteiger partial charge in [-0.2, -0.15) is 0 Å². The highest BCUT2D eigenvalue weighted by Gasteiger charge is 2.41. The molecule has 0 bridgehead atoms. The molecule has 8 heteroatoms. The fraction of sp³-hybridized carbons (Fsp3) is 0.724. The molecule has 2 fully saturated rings. The average molecular weight is 535 g/mol. The highest BCUT2D eigenvalue weighted by Crippen LogP contribution is 2.40. The van der Waals surface area contributed by atoms with E-state index in [0.717, 1.165) is 43.8 Å². The summed E-state index contributed by atoms with van der Waals surface area (Å²) in [4.78, 5) is 27.1. The van der Waals surface area contributed by atoms with Crippen LogP contribution in [-0.4, -0.2) is 62.2 Å². The lowest BCUT2D eigenvalue weighted by molar-refractivity contribution is -0.137. The number of nitrogens with zero attached hydrogens (tertiary/aromatic N) is 1. The maximum Gasteiger partial charge on any atom is 0.314 e. The number of likely N-dealkylation sites (tertiary alicyclic amines) is 1. The first-order chi connectivity index (χ1) is 17.9. The molecule has 0 spiro atoms. The van der Waals surface area contributed by atoms with E-state index in [9.17, 15) is 14.7 Å². The fourth-order valence-electron chi connectivity index (χ4n) is 6.38. The minimum atomic E-state index is -1.12. The zero-order valence-electron chi connectivity index (χ0n) is 22.7. The third-order valence-corrected chi connectivity index (χ3v) is 8.60. The number of nitrogens with one attached hydrogen (secondary N) is 3. The summed E-state index contributed by atoms with van der Waals surface area (Å²) in [6.45, 7) is 2.62. The second-order valence-corrected chi connectivity index (χ2v) is 11.5. The summed E-state index contributed by atoms with van der Waals surface area (Å²) in [5, 5.41) is 21.4. The van der Waals surface area contributed by atoms with Crippen molar-refractivity contribution in [3.05, 3.63) is 34.9 Å². The van der Waals surface area contributed by atoms with Crippen molar-refractivity contribution < 1.29 is 14.7 Å². The smallest absolute Gasteiger partial charge is 0.314 e. The number of aliphatic hydroxyl groups is 1. The molecule has 0 unspecified atom stereocenters. The summed E-state index contributed by atoms with van der Waals surface area (Å²) in [5.41, 5.74) is -0.342. The van der Waals surface area contributed by atoms with E-state index in [1.807, 2.05) is 36.2 Å². The van der Waals surface area contributed by atoms with Crippen LogP contribution in [0.15, 0.2) is 24.3 Å². The lowest BCUT2D eigenvalue weighted by Crippen LogP contribution is -2.49. The van der Waals surface area contributed by atoms with Crippen LogP contribution in [0.25, 0.3) is 0 Å². The minimum Gasteiger partial charge on any atom is -0.385 e. The zero-order chi connectivity index (χ0) is 26.7. The van der Waals surface area contributed by atoms with Crippen LogP contribution >= 0.6 is 11.6 Å². The Hall–Kier alpha value is -1.83. The van der Waals surface area contributed by atoms with Crippen molar-refractivity contribution in [3.8, 4) is 0 Å². The average Bonchev–Trinajstić information content (AvgIpc) is 2.91. The molecule has 3 amide bonds. The van der Waals surface area contributed by atoms with E-state index in [-0.39, 0.29) is 17.9 Å². The van der Waals surface area contributed by atoms with Crippen LogP contribution in [0.2, 0.25) is 5.02 Å². The van der Waals surface area contributed by atoms with Gasteiger partial charge in [-0.3, -0.25) is 4.79 Å². The van der Waals surface area contributed by atoms with Gasteiger partial charge in [-0.1, -0.05) is 55.8 Å². The second kappa shape index (κ2) is 14.9. The lowest BCUT2D eigenvalue weighted by atomic mass is 9.74. The molecule has 1 heterocycles. The zero-order valence-corrected chi connectivity index (χ0v) is 23.5. The Labute approximate surface area is 228 Å². The molecule has 1 saturated heterocycles. The van der Waals surface area contributed by atoms with Gasteiger partial charge in [0.2, 0.25) is 5.91 Å². The molecule has 2 aliphatic rings. The Morgan fingerprint density at radius 2 is 1.95 bits per heavy atom. The molecule has 1 aliphatic heterocycles. The first-order valence-electron chi connectivity index (χ1n) is 14.2. The van der Waals surface area contributed by atoms with Gasteiger partial charge in [0, 0.05) is 44.0 Å². The molecule has 1 aliphatic carbocycles. The van der Waals surface area contributed by atoms with Gasteiger partial charge in [0.1, 0.15) is 0 Å². The Bertz CT molecular complexity index is 863. The number of halogens is 1. The van der Waals surface area contributed by atoms with Crippen LogP contribution in [0.1, 0.15) is 76.2 Å². The van der Waals surface area contributed by atoms with Crippen molar-refractivity contribution in [2.45, 2.75) is 76.2 Å². The molecule has 4 N–H and O–H groups in total.